The molecule has 100 valence electrons. The zero-order valence-corrected chi connectivity index (χ0v) is 11.7. The van der Waals surface area contributed by atoms with Crippen molar-refractivity contribution in [2.24, 2.45) is 16.7 Å². The second kappa shape index (κ2) is 3.58. The first-order valence-corrected chi connectivity index (χ1v) is 7.16. The largest absolute Gasteiger partial charge is 0.338 e. The number of fused-ring (bicyclic) bond motifs is 2. The lowest BCUT2D eigenvalue weighted by atomic mass is 9.67. The maximum absolute atomic E-state index is 12.2. The van der Waals surface area contributed by atoms with Crippen LogP contribution in [0.1, 0.15) is 52.9 Å². The van der Waals surface area contributed by atoms with E-state index in [0.29, 0.717) is 19.0 Å². The molecule has 2 bridgehead atoms. The standard InChI is InChI=1S/C15H23NO2/c1-14(2)10-4-6-15(3,9-10)13(14)16-7-5-11(17)8-12(16)18/h10,13H,4-9H2,1-3H3/t10-,13?,15+/m1/s1. The number of piperidine rings is 1. The second-order valence-electron chi connectivity index (χ2n) is 7.37. The fourth-order valence-corrected chi connectivity index (χ4v) is 5.06. The van der Waals surface area contributed by atoms with Crippen LogP contribution in [0, 0.1) is 16.7 Å². The van der Waals surface area contributed by atoms with Crippen molar-refractivity contribution in [1.29, 1.82) is 0 Å². The van der Waals surface area contributed by atoms with Crippen molar-refractivity contribution in [2.75, 3.05) is 6.54 Å². The SMILES string of the molecule is CC1(C)C(N2CCC(=O)CC2=O)[C@@]2(C)CC[C@@H]1C2. The third-order valence-corrected chi connectivity index (χ3v) is 5.81. The molecule has 0 aromatic carbocycles. The van der Waals surface area contributed by atoms with E-state index in [1.165, 1.54) is 19.3 Å². The van der Waals surface area contributed by atoms with Crippen molar-refractivity contribution in [3.63, 3.8) is 0 Å². The number of rotatable bonds is 1. The van der Waals surface area contributed by atoms with Gasteiger partial charge in [-0.25, -0.2) is 0 Å². The Kier molecular flexibility index (Phi) is 2.43. The smallest absolute Gasteiger partial charge is 0.230 e. The van der Waals surface area contributed by atoms with Crippen LogP contribution in [0.15, 0.2) is 0 Å². The lowest BCUT2D eigenvalue weighted by molar-refractivity contribution is -0.147. The summed E-state index contributed by atoms with van der Waals surface area (Å²) < 4.78 is 0. The van der Waals surface area contributed by atoms with E-state index in [1.807, 2.05) is 4.90 Å². The van der Waals surface area contributed by atoms with Crippen LogP contribution in [0.25, 0.3) is 0 Å². The molecule has 0 radical (unpaired) electrons. The van der Waals surface area contributed by atoms with E-state index in [9.17, 15) is 9.59 Å². The average molecular weight is 249 g/mol. The molecular formula is C15H23NO2. The minimum absolute atomic E-state index is 0.0677. The minimum atomic E-state index is 0.0677. The molecule has 0 aromatic heterocycles. The molecule has 0 spiro atoms. The van der Waals surface area contributed by atoms with Crippen molar-refractivity contribution in [3.05, 3.63) is 0 Å². The van der Waals surface area contributed by atoms with Crippen molar-refractivity contribution in [2.45, 2.75) is 58.9 Å². The number of hydrogen-bond acceptors (Lipinski definition) is 2. The Bertz CT molecular complexity index is 410. The predicted molar refractivity (Wildman–Crippen MR) is 69.0 cm³/mol. The maximum atomic E-state index is 12.2. The van der Waals surface area contributed by atoms with Crippen LogP contribution in [-0.4, -0.2) is 29.2 Å². The monoisotopic (exact) mass is 249 g/mol. The molecule has 3 aliphatic rings. The fourth-order valence-electron chi connectivity index (χ4n) is 5.06. The van der Waals surface area contributed by atoms with E-state index in [1.54, 1.807) is 0 Å². The van der Waals surface area contributed by atoms with Crippen LogP contribution < -0.4 is 0 Å². The van der Waals surface area contributed by atoms with Gasteiger partial charge in [0.05, 0.1) is 6.42 Å². The zero-order valence-electron chi connectivity index (χ0n) is 11.7. The summed E-state index contributed by atoms with van der Waals surface area (Å²) in [5.74, 6) is 0.929. The van der Waals surface area contributed by atoms with Gasteiger partial charge in [0.2, 0.25) is 5.91 Å². The lowest BCUT2D eigenvalue weighted by Gasteiger charge is -2.49. The van der Waals surface area contributed by atoms with E-state index in [0.717, 1.165) is 5.92 Å². The number of Topliss-reactive ketones (excluding diaryl/α,β-unsaturated/α-hetero) is 1. The van der Waals surface area contributed by atoms with Crippen LogP contribution >= 0.6 is 0 Å². The highest BCUT2D eigenvalue weighted by Gasteiger charge is 2.62. The number of likely N-dealkylation sites (tertiary alicyclic amines) is 1. The van der Waals surface area contributed by atoms with Crippen molar-refractivity contribution < 1.29 is 9.59 Å². The summed E-state index contributed by atoms with van der Waals surface area (Å²) in [5.41, 5.74) is 0.493. The Morgan fingerprint density at radius 1 is 1.22 bits per heavy atom. The van der Waals surface area contributed by atoms with Crippen molar-refractivity contribution >= 4 is 11.7 Å². The van der Waals surface area contributed by atoms with E-state index in [2.05, 4.69) is 20.8 Å². The van der Waals surface area contributed by atoms with Gasteiger partial charge in [-0.2, -0.15) is 0 Å². The number of amides is 1. The first-order chi connectivity index (χ1) is 8.34. The van der Waals surface area contributed by atoms with Crippen LogP contribution in [0.3, 0.4) is 0 Å². The van der Waals surface area contributed by atoms with Crippen molar-refractivity contribution in [1.82, 2.24) is 4.90 Å². The number of carbonyl (C=O) groups excluding carboxylic acids is 2. The molecule has 1 amide bonds. The summed E-state index contributed by atoms with van der Waals surface area (Å²) in [6.45, 7) is 7.62. The Hall–Kier alpha value is -0.860. The molecule has 1 heterocycles. The summed E-state index contributed by atoms with van der Waals surface area (Å²) in [6, 6.07) is 0.337. The van der Waals surface area contributed by atoms with Gasteiger partial charge in [0.1, 0.15) is 5.78 Å². The molecule has 3 rings (SSSR count). The normalized spacial score (nSPS) is 42.7. The molecule has 1 unspecified atom stereocenters. The predicted octanol–water partition coefficient (Wildman–Crippen LogP) is 2.39. The van der Waals surface area contributed by atoms with Gasteiger partial charge in [-0.3, -0.25) is 9.59 Å². The highest BCUT2D eigenvalue weighted by Crippen LogP contribution is 2.64. The highest BCUT2D eigenvalue weighted by molar-refractivity contribution is 6.00. The van der Waals surface area contributed by atoms with Crippen LogP contribution in [0.2, 0.25) is 0 Å². The third kappa shape index (κ3) is 1.49. The molecule has 3 nitrogen and oxygen atoms in total. The van der Waals surface area contributed by atoms with Gasteiger partial charge < -0.3 is 4.90 Å². The van der Waals surface area contributed by atoms with Crippen LogP contribution in [0.4, 0.5) is 0 Å². The van der Waals surface area contributed by atoms with E-state index in [-0.39, 0.29) is 28.9 Å². The zero-order chi connectivity index (χ0) is 13.1. The molecule has 18 heavy (non-hydrogen) atoms. The second-order valence-corrected chi connectivity index (χ2v) is 7.37. The maximum Gasteiger partial charge on any atom is 0.230 e. The molecule has 2 saturated carbocycles. The first kappa shape index (κ1) is 12.2. The Balaban J connectivity index is 1.91. The third-order valence-electron chi connectivity index (χ3n) is 5.81. The summed E-state index contributed by atoms with van der Waals surface area (Å²) in [7, 11) is 0. The van der Waals surface area contributed by atoms with E-state index < -0.39 is 0 Å². The Labute approximate surface area is 109 Å². The summed E-state index contributed by atoms with van der Waals surface area (Å²) in [5, 5.41) is 0. The number of ketones is 1. The average Bonchev–Trinajstić information content (AvgIpc) is 2.72. The van der Waals surface area contributed by atoms with E-state index >= 15 is 0 Å². The fraction of sp³-hybridized carbons (Fsp3) is 0.867. The minimum Gasteiger partial charge on any atom is -0.338 e. The highest BCUT2D eigenvalue weighted by atomic mass is 16.2. The van der Waals surface area contributed by atoms with Gasteiger partial charge in [0.25, 0.3) is 0 Å². The van der Waals surface area contributed by atoms with Crippen molar-refractivity contribution in [3.8, 4) is 0 Å². The Morgan fingerprint density at radius 2 is 1.94 bits per heavy atom. The molecule has 0 aromatic rings. The quantitative estimate of drug-likeness (QED) is 0.669. The van der Waals surface area contributed by atoms with Gasteiger partial charge in [-0.05, 0) is 36.0 Å². The first-order valence-electron chi connectivity index (χ1n) is 7.16. The van der Waals surface area contributed by atoms with Gasteiger partial charge in [0.15, 0.2) is 0 Å². The topological polar surface area (TPSA) is 37.4 Å². The molecule has 2 aliphatic carbocycles. The molecule has 1 aliphatic heterocycles. The molecule has 1 saturated heterocycles. The molecule has 3 heteroatoms. The summed E-state index contributed by atoms with van der Waals surface area (Å²) in [4.78, 5) is 25.6. The van der Waals surface area contributed by atoms with Gasteiger partial charge >= 0.3 is 0 Å². The molecule has 3 atom stereocenters. The molecular weight excluding hydrogens is 226 g/mol. The lowest BCUT2D eigenvalue weighted by Crippen LogP contribution is -2.57. The van der Waals surface area contributed by atoms with E-state index in [4.69, 9.17) is 0 Å². The van der Waals surface area contributed by atoms with Crippen LogP contribution in [-0.2, 0) is 9.59 Å². The van der Waals surface area contributed by atoms with Crippen LogP contribution in [0.5, 0.6) is 0 Å². The molecule has 0 N–H and O–H groups in total. The number of nitrogens with zero attached hydrogens (tertiary/aromatic N) is 1. The summed E-state index contributed by atoms with van der Waals surface area (Å²) >= 11 is 0. The number of carbonyl (C=O) groups is 2. The van der Waals surface area contributed by atoms with Gasteiger partial charge in [-0.15, -0.1) is 0 Å². The van der Waals surface area contributed by atoms with Gasteiger partial charge in [-0.1, -0.05) is 20.8 Å². The Morgan fingerprint density at radius 3 is 2.50 bits per heavy atom. The van der Waals surface area contributed by atoms with Gasteiger partial charge in [0, 0.05) is 19.0 Å². The summed E-state index contributed by atoms with van der Waals surface area (Å²) in [6.07, 6.45) is 4.49. The number of hydrogen-bond donors (Lipinski definition) is 0. The molecule has 3 fully saturated rings.